The Morgan fingerprint density at radius 2 is 1.70 bits per heavy atom. The molecule has 2 aliphatic heterocycles. The van der Waals surface area contributed by atoms with Gasteiger partial charge in [-0.2, -0.15) is 5.10 Å². The number of ether oxygens (including phenoxy) is 3. The van der Waals surface area contributed by atoms with Gasteiger partial charge in [0.1, 0.15) is 25.1 Å². The summed E-state index contributed by atoms with van der Waals surface area (Å²) >= 11 is 2.14. The number of para-hydroxylation sites is 1. The van der Waals surface area contributed by atoms with E-state index in [0.717, 1.165) is 76.1 Å². The largest absolute Gasteiger partial charge is 0.476 e. The standard InChI is InChI=1S/C72H85N11O13S2/c1-46-36-70(4)42-71(5,45-83-48(3)55(38-74-83)53-23-24-59(78-64(53)67(90)91)81-29-27-49-15-12-17-54(56(49)40-81)66(89)79-68-77-57-18-9-10-19-58(57)98-68)44-72(37-46,43-70)96-33-30-80(6)69(92)95-41-51-21-22-52(35-50(51)16-13-31-94-32-14-34-97-93)76-65(88)47(2)75-61(85)39-73-60(84)20-8-7-11-28-82-62(86)25-26-63(82)87/h9-10,12,15,17-19,21-26,35,38,46-47,93H,7-8,11,14,20,27-34,36-37,39-45H2,1-6H3,(H,73,84)(H,75,85)(H,76,88)(H,90,91)(H,77,79,89). The van der Waals surface area contributed by atoms with Crippen LogP contribution >= 0.6 is 23.4 Å². The Balaban J connectivity index is 0.725. The molecule has 5 atom stereocenters. The third kappa shape index (κ3) is 18.2. The number of carboxylic acid groups (broad SMARTS) is 1. The average molecular weight is 1380 g/mol. The summed E-state index contributed by atoms with van der Waals surface area (Å²) in [5, 5.41) is 27.1. The second kappa shape index (κ2) is 32.1. The fourth-order valence-corrected chi connectivity index (χ4v) is 15.7. The number of nitrogens with zero attached hydrogens (tertiary/aromatic N) is 7. The Hall–Kier alpha value is -9.00. The molecule has 518 valence electrons. The topological polar surface area (TPSA) is 306 Å². The molecule has 4 aliphatic rings. The molecular weight excluding hydrogens is 1290 g/mol. The first-order chi connectivity index (χ1) is 47.0. The van der Waals surface area contributed by atoms with Gasteiger partial charge in [0.2, 0.25) is 17.7 Å². The van der Waals surface area contributed by atoms with Crippen LogP contribution in [0.5, 0.6) is 0 Å². The predicted octanol–water partition coefficient (Wildman–Crippen LogP) is 10.0. The third-order valence-electron chi connectivity index (χ3n) is 18.5. The highest BCUT2D eigenvalue weighted by Gasteiger charge is 2.55. The number of rotatable bonds is 29. The lowest BCUT2D eigenvalue weighted by atomic mass is 9.51. The highest BCUT2D eigenvalue weighted by Crippen LogP contribution is 2.60. The Morgan fingerprint density at radius 3 is 2.49 bits per heavy atom. The number of amides is 7. The van der Waals surface area contributed by atoms with Gasteiger partial charge < -0.3 is 49.6 Å². The van der Waals surface area contributed by atoms with Gasteiger partial charge in [-0.3, -0.25) is 43.7 Å². The molecule has 2 bridgehead atoms. The van der Waals surface area contributed by atoms with Crippen molar-refractivity contribution in [1.29, 1.82) is 0 Å². The smallest absolute Gasteiger partial charge is 0.409 e. The molecule has 2 fully saturated rings. The van der Waals surface area contributed by atoms with Crippen molar-refractivity contribution >= 4 is 97.7 Å². The normalized spacial score (nSPS) is 19.7. The van der Waals surface area contributed by atoms with E-state index >= 15 is 0 Å². The molecule has 2 aliphatic carbocycles. The van der Waals surface area contributed by atoms with Crippen molar-refractivity contribution in [2.24, 2.45) is 16.7 Å². The molecular formula is C72H85N11O13S2. The van der Waals surface area contributed by atoms with Crippen LogP contribution in [0.2, 0.25) is 0 Å². The van der Waals surface area contributed by atoms with Crippen molar-refractivity contribution in [3.63, 3.8) is 0 Å². The van der Waals surface area contributed by atoms with E-state index < -0.39 is 35.5 Å². The van der Waals surface area contributed by atoms with Gasteiger partial charge in [-0.15, -0.1) is 0 Å². The number of anilines is 3. The van der Waals surface area contributed by atoms with E-state index in [9.17, 15) is 43.5 Å². The number of imide groups is 1. The molecule has 5 unspecified atom stereocenters. The van der Waals surface area contributed by atoms with Crippen molar-refractivity contribution in [3.8, 4) is 23.0 Å². The number of carbonyl (C=O) groups excluding carboxylic acids is 7. The maximum absolute atomic E-state index is 13.8. The highest BCUT2D eigenvalue weighted by molar-refractivity contribution is 7.93. The lowest BCUT2D eigenvalue weighted by Crippen LogP contribution is -2.55. The van der Waals surface area contributed by atoms with Crippen LogP contribution in [0, 0.1) is 35.5 Å². The molecule has 10 rings (SSSR count). The van der Waals surface area contributed by atoms with Gasteiger partial charge in [0.25, 0.3) is 17.7 Å². The summed E-state index contributed by atoms with van der Waals surface area (Å²) in [7, 11) is 1.66. The maximum atomic E-state index is 13.8. The van der Waals surface area contributed by atoms with Gasteiger partial charge in [-0.1, -0.05) is 80.7 Å². The summed E-state index contributed by atoms with van der Waals surface area (Å²) in [5.74, 6) is 3.85. The number of thiazole rings is 1. The molecule has 0 radical (unpaired) electrons. The highest BCUT2D eigenvalue weighted by atomic mass is 32.2. The zero-order chi connectivity index (χ0) is 69.7. The molecule has 0 saturated heterocycles. The SMILES string of the molecule is Cc1c(-c2ccc(N3CCc4cccc(C(=O)Nc5nc6ccccc6s5)c4C3)nc2C(=O)O)cnn1CC1(C)CC2(C)CC(C)CC(OCCN(C)C(=O)OCc3ccc(NC(=O)C(C)NC(=O)CNC(=O)CCCCCN4C(=O)C=CC4=O)cc3C#CCOCCCSO)(C2)C1. The first-order valence-electron chi connectivity index (χ1n) is 33.2. The van der Waals surface area contributed by atoms with Crippen LogP contribution < -0.4 is 26.2 Å². The number of aromatic carboxylic acids is 1. The molecule has 0 spiro atoms. The fraction of sp³-hybridized carbons (Fsp3) is 0.458. The molecule has 5 heterocycles. The van der Waals surface area contributed by atoms with E-state index in [1.165, 1.54) is 35.3 Å². The molecule has 6 N–H and O–H groups in total. The summed E-state index contributed by atoms with van der Waals surface area (Å²) in [6, 6.07) is 21.1. The van der Waals surface area contributed by atoms with Gasteiger partial charge in [0.05, 0.1) is 35.2 Å². The number of unbranched alkanes of at least 4 members (excludes halogenated alkanes) is 2. The van der Waals surface area contributed by atoms with E-state index in [2.05, 4.69) is 58.9 Å². The molecule has 98 heavy (non-hydrogen) atoms. The van der Waals surface area contributed by atoms with E-state index in [-0.39, 0.29) is 86.0 Å². The number of likely N-dealkylation sites (N-methyl/N-ethyl adjacent to an activating group) is 1. The van der Waals surface area contributed by atoms with Crippen molar-refractivity contribution in [3.05, 3.63) is 130 Å². The minimum atomic E-state index is -1.16. The lowest BCUT2D eigenvalue weighted by molar-refractivity contribution is -0.178. The van der Waals surface area contributed by atoms with Gasteiger partial charge in [0.15, 0.2) is 10.8 Å². The van der Waals surface area contributed by atoms with Crippen LogP contribution in [-0.2, 0) is 64.3 Å². The number of benzene rings is 3. The average Bonchev–Trinajstić information content (AvgIpc) is 0.939. The summed E-state index contributed by atoms with van der Waals surface area (Å²) in [4.78, 5) is 117. The first-order valence-corrected chi connectivity index (χ1v) is 34.9. The molecule has 24 nitrogen and oxygen atoms in total. The zero-order valence-electron chi connectivity index (χ0n) is 56.2. The van der Waals surface area contributed by atoms with E-state index in [1.54, 1.807) is 37.5 Å². The van der Waals surface area contributed by atoms with Crippen LogP contribution in [0.25, 0.3) is 21.3 Å². The predicted molar refractivity (Wildman–Crippen MR) is 373 cm³/mol. The number of pyridine rings is 1. The lowest BCUT2D eigenvalue weighted by Gasteiger charge is -2.58. The van der Waals surface area contributed by atoms with Crippen molar-refractivity contribution < 1.29 is 62.2 Å². The van der Waals surface area contributed by atoms with Crippen LogP contribution in [0.4, 0.5) is 21.4 Å². The van der Waals surface area contributed by atoms with Crippen LogP contribution in [0.3, 0.4) is 0 Å². The van der Waals surface area contributed by atoms with Crippen LogP contribution in [0.1, 0.15) is 141 Å². The second-order valence-corrected chi connectivity index (χ2v) is 28.5. The number of fused-ring (bicyclic) bond motifs is 4. The monoisotopic (exact) mass is 1380 g/mol. The molecule has 26 heteroatoms. The van der Waals surface area contributed by atoms with Gasteiger partial charge in [0, 0.05) is 110 Å². The zero-order valence-corrected chi connectivity index (χ0v) is 57.8. The number of aromatic nitrogens is 4. The van der Waals surface area contributed by atoms with E-state index in [1.807, 2.05) is 65.0 Å². The third-order valence-corrected chi connectivity index (χ3v) is 19.9. The number of carboxylic acids is 1. The number of hydrogen-bond donors (Lipinski definition) is 6. The van der Waals surface area contributed by atoms with Crippen LogP contribution in [-0.4, -0.2) is 157 Å². The molecule has 2 saturated carbocycles. The Labute approximate surface area is 578 Å². The summed E-state index contributed by atoms with van der Waals surface area (Å²) in [5.41, 5.74) is 5.66. The van der Waals surface area contributed by atoms with Crippen molar-refractivity contribution in [1.82, 2.24) is 40.2 Å². The molecule has 7 amide bonds. The summed E-state index contributed by atoms with van der Waals surface area (Å²) in [6.07, 6.45) is 11.0. The Morgan fingerprint density at radius 1 is 0.898 bits per heavy atom. The minimum absolute atomic E-state index is 0.0462. The summed E-state index contributed by atoms with van der Waals surface area (Å²) in [6.45, 7) is 12.6. The Bertz CT molecular complexity index is 4040. The van der Waals surface area contributed by atoms with Crippen molar-refractivity contribution in [2.75, 3.05) is 74.3 Å². The minimum Gasteiger partial charge on any atom is -0.476 e. The number of nitrogens with one attached hydrogen (secondary N) is 4. The second-order valence-electron chi connectivity index (χ2n) is 26.8. The van der Waals surface area contributed by atoms with Gasteiger partial charge >= 0.3 is 12.1 Å². The van der Waals surface area contributed by atoms with Gasteiger partial charge in [-0.25, -0.2) is 19.6 Å². The van der Waals surface area contributed by atoms with E-state index in [4.69, 9.17) is 28.8 Å². The van der Waals surface area contributed by atoms with Gasteiger partial charge in [-0.05, 0) is 154 Å². The quantitative estimate of drug-likeness (QED) is 0.0110. The van der Waals surface area contributed by atoms with E-state index in [0.29, 0.717) is 114 Å². The molecule has 3 aromatic heterocycles. The fourth-order valence-electron chi connectivity index (χ4n) is 14.6. The molecule has 3 aromatic carbocycles. The number of hydrogen-bond acceptors (Lipinski definition) is 18. The molecule has 6 aromatic rings. The first kappa shape index (κ1) is 71.8. The summed E-state index contributed by atoms with van der Waals surface area (Å²) < 4.78 is 30.5. The van der Waals surface area contributed by atoms with Crippen molar-refractivity contribution in [2.45, 2.75) is 137 Å². The maximum Gasteiger partial charge on any atom is 0.409 e. The van der Waals surface area contributed by atoms with Crippen LogP contribution in [0.15, 0.2) is 91.1 Å². The number of carbonyl (C=O) groups is 8. The Kier molecular flexibility index (Phi) is 23.5.